The van der Waals surface area contributed by atoms with E-state index in [-0.39, 0.29) is 24.3 Å². The maximum atomic E-state index is 12.2. The van der Waals surface area contributed by atoms with Crippen LogP contribution in [0, 0.1) is 11.3 Å². The van der Waals surface area contributed by atoms with Crippen molar-refractivity contribution >= 4 is 40.6 Å². The Morgan fingerprint density at radius 3 is 2.62 bits per heavy atom. The maximum Gasteiger partial charge on any atom is 0.309 e. The Kier molecular flexibility index (Phi) is 7.64. The van der Waals surface area contributed by atoms with Crippen LogP contribution in [-0.2, 0) is 16.1 Å². The summed E-state index contributed by atoms with van der Waals surface area (Å²) in [6, 6.07) is 10.8. The van der Waals surface area contributed by atoms with Crippen LogP contribution < -0.4 is 5.32 Å². The number of aromatic nitrogens is 1. The largest absolute Gasteiger partial charge is 0.466 e. The number of ether oxygens (including phenoxy) is 1. The normalized spacial score (nSPS) is 14.1. The molecule has 1 amide bonds. The maximum absolute atomic E-state index is 12.2. The second-order valence-corrected chi connectivity index (χ2v) is 9.58. The third kappa shape index (κ3) is 5.66. The fourth-order valence-electron chi connectivity index (χ4n) is 3.77. The highest BCUT2D eigenvalue weighted by molar-refractivity contribution is 7.17. The molecule has 3 heterocycles. The van der Waals surface area contributed by atoms with Crippen LogP contribution in [0.25, 0.3) is 11.5 Å². The van der Waals surface area contributed by atoms with E-state index >= 15 is 0 Å². The van der Waals surface area contributed by atoms with E-state index in [4.69, 9.17) is 26.2 Å². The molecular weight excluding hydrogens is 476 g/mol. The van der Waals surface area contributed by atoms with E-state index in [0.717, 1.165) is 11.1 Å². The van der Waals surface area contributed by atoms with Crippen LogP contribution in [0.4, 0.5) is 0 Å². The number of hydrogen-bond donors (Lipinski definition) is 2. The molecule has 0 saturated carbocycles. The second-order valence-electron chi connectivity index (χ2n) is 7.87. The Morgan fingerprint density at radius 2 is 1.97 bits per heavy atom. The van der Waals surface area contributed by atoms with Crippen LogP contribution in [-0.4, -0.2) is 47.3 Å². The van der Waals surface area contributed by atoms with Gasteiger partial charge in [0.1, 0.15) is 12.1 Å². The van der Waals surface area contributed by atoms with Crippen LogP contribution >= 0.6 is 22.9 Å². The Labute approximate surface area is 206 Å². The minimum atomic E-state index is -0.212. The van der Waals surface area contributed by atoms with Crippen molar-refractivity contribution in [1.29, 1.82) is 5.41 Å². The number of nitrogens with one attached hydrogen (secondary N) is 2. The number of halogens is 1. The second kappa shape index (κ2) is 10.8. The lowest BCUT2D eigenvalue weighted by Crippen LogP contribution is -2.40. The summed E-state index contributed by atoms with van der Waals surface area (Å²) < 4.78 is 11.3. The van der Waals surface area contributed by atoms with Gasteiger partial charge in [-0.25, -0.2) is 4.98 Å². The molecule has 1 aliphatic heterocycles. The van der Waals surface area contributed by atoms with Gasteiger partial charge >= 0.3 is 5.97 Å². The van der Waals surface area contributed by atoms with E-state index in [1.165, 1.54) is 17.6 Å². The van der Waals surface area contributed by atoms with Crippen molar-refractivity contribution in [2.75, 3.05) is 19.7 Å². The molecule has 2 N–H and O–H groups in total. The van der Waals surface area contributed by atoms with E-state index < -0.39 is 0 Å². The molecule has 8 nitrogen and oxygen atoms in total. The highest BCUT2D eigenvalue weighted by Crippen LogP contribution is 2.24. The molecule has 1 fully saturated rings. The smallest absolute Gasteiger partial charge is 0.309 e. The van der Waals surface area contributed by atoms with Crippen molar-refractivity contribution < 1.29 is 18.7 Å². The first-order chi connectivity index (χ1) is 16.4. The average molecular weight is 501 g/mol. The number of piperidine rings is 1. The molecule has 3 aromatic rings. The van der Waals surface area contributed by atoms with Crippen molar-refractivity contribution in [1.82, 2.24) is 15.2 Å². The van der Waals surface area contributed by atoms with E-state index in [1.54, 1.807) is 12.1 Å². The average Bonchev–Trinajstić information content (AvgIpc) is 3.52. The monoisotopic (exact) mass is 500 g/mol. The molecule has 2 aromatic heterocycles. The third-order valence-corrected chi connectivity index (χ3v) is 6.85. The zero-order valence-electron chi connectivity index (χ0n) is 18.7. The number of nitrogens with zero attached hydrogens (tertiary/aromatic N) is 2. The summed E-state index contributed by atoms with van der Waals surface area (Å²) in [5, 5.41) is 11.3. The number of esters is 1. The summed E-state index contributed by atoms with van der Waals surface area (Å²) in [4.78, 5) is 31.0. The number of carbonyl (C=O) groups is 2. The Bertz CT molecular complexity index is 1170. The number of oxazole rings is 1. The SMILES string of the molecule is CCOC(=O)C1CCN(C(=N)c2ccc(-c3nc(CNC(=O)c4ccc(Cl)s4)co3)cc2)CC1. The number of thiophene rings is 1. The first-order valence-electron chi connectivity index (χ1n) is 11.0. The number of likely N-dealkylation sites (tertiary alicyclic amines) is 1. The summed E-state index contributed by atoms with van der Waals surface area (Å²) >= 11 is 7.09. The molecule has 0 spiro atoms. The topological polar surface area (TPSA) is 109 Å². The van der Waals surface area contributed by atoms with Gasteiger partial charge in [-0.15, -0.1) is 11.3 Å². The van der Waals surface area contributed by atoms with E-state index in [9.17, 15) is 9.59 Å². The molecule has 34 heavy (non-hydrogen) atoms. The molecule has 0 radical (unpaired) electrons. The van der Waals surface area contributed by atoms with Gasteiger partial charge < -0.3 is 19.4 Å². The lowest BCUT2D eigenvalue weighted by Gasteiger charge is -2.32. The van der Waals surface area contributed by atoms with Crippen molar-refractivity contribution in [3.63, 3.8) is 0 Å². The summed E-state index contributed by atoms with van der Waals surface area (Å²) in [7, 11) is 0. The van der Waals surface area contributed by atoms with Crippen molar-refractivity contribution in [3.05, 3.63) is 63.1 Å². The summed E-state index contributed by atoms with van der Waals surface area (Å²) in [5.41, 5.74) is 2.17. The fraction of sp³-hybridized carbons (Fsp3) is 0.333. The molecule has 10 heteroatoms. The van der Waals surface area contributed by atoms with E-state index in [2.05, 4.69) is 10.3 Å². The molecular formula is C24H25ClN4O4S. The van der Waals surface area contributed by atoms with Crippen LogP contribution in [0.15, 0.2) is 47.1 Å². The predicted molar refractivity (Wildman–Crippen MR) is 130 cm³/mol. The Balaban J connectivity index is 1.31. The quantitative estimate of drug-likeness (QED) is 0.279. The molecule has 4 rings (SSSR count). The van der Waals surface area contributed by atoms with Gasteiger partial charge in [-0.1, -0.05) is 23.7 Å². The molecule has 0 bridgehead atoms. The van der Waals surface area contributed by atoms with E-state index in [1.807, 2.05) is 36.1 Å². The van der Waals surface area contributed by atoms with Gasteiger partial charge in [0, 0.05) is 24.2 Å². The predicted octanol–water partition coefficient (Wildman–Crippen LogP) is 4.59. The van der Waals surface area contributed by atoms with Crippen LogP contribution in [0.5, 0.6) is 0 Å². The van der Waals surface area contributed by atoms with Gasteiger partial charge in [0.15, 0.2) is 0 Å². The Morgan fingerprint density at radius 1 is 1.24 bits per heavy atom. The van der Waals surface area contributed by atoms with E-state index in [0.29, 0.717) is 59.2 Å². The fourth-order valence-corrected chi connectivity index (χ4v) is 4.73. The summed E-state index contributed by atoms with van der Waals surface area (Å²) in [6.45, 7) is 3.74. The van der Waals surface area contributed by atoms with Crippen LogP contribution in [0.1, 0.15) is 40.7 Å². The molecule has 1 aliphatic rings. The Hall–Kier alpha value is -3.17. The number of amidine groups is 1. The minimum Gasteiger partial charge on any atom is -0.466 e. The number of carbonyl (C=O) groups excluding carboxylic acids is 2. The van der Waals surface area contributed by atoms with Gasteiger partial charge in [-0.3, -0.25) is 15.0 Å². The number of rotatable bonds is 7. The molecule has 1 aromatic carbocycles. The standard InChI is InChI=1S/C24H25ClN4O4S/c1-2-32-24(31)17-9-11-29(12-10-17)21(26)15-3-5-16(6-4-15)23-28-18(14-33-23)13-27-22(30)19-7-8-20(25)34-19/h3-8,14,17,26H,2,9-13H2,1H3,(H,27,30). The van der Waals surface area contributed by atoms with Crippen molar-refractivity contribution in [2.24, 2.45) is 5.92 Å². The lowest BCUT2D eigenvalue weighted by molar-refractivity contribution is -0.149. The highest BCUT2D eigenvalue weighted by Gasteiger charge is 2.27. The van der Waals surface area contributed by atoms with Crippen LogP contribution in [0.3, 0.4) is 0 Å². The molecule has 1 saturated heterocycles. The van der Waals surface area contributed by atoms with Gasteiger partial charge in [0.25, 0.3) is 5.91 Å². The number of amides is 1. The van der Waals surface area contributed by atoms with Gasteiger partial charge in [-0.2, -0.15) is 0 Å². The molecule has 0 atom stereocenters. The lowest BCUT2D eigenvalue weighted by atomic mass is 9.96. The van der Waals surface area contributed by atoms with Crippen LogP contribution in [0.2, 0.25) is 4.34 Å². The van der Waals surface area contributed by atoms with Crippen molar-refractivity contribution in [3.8, 4) is 11.5 Å². The summed E-state index contributed by atoms with van der Waals surface area (Å²) in [6.07, 6.45) is 2.89. The zero-order valence-corrected chi connectivity index (χ0v) is 20.2. The third-order valence-electron chi connectivity index (χ3n) is 5.62. The van der Waals surface area contributed by atoms with Gasteiger partial charge in [0.2, 0.25) is 5.89 Å². The van der Waals surface area contributed by atoms with Crippen molar-refractivity contribution in [2.45, 2.75) is 26.3 Å². The number of hydrogen-bond acceptors (Lipinski definition) is 7. The highest BCUT2D eigenvalue weighted by atomic mass is 35.5. The van der Waals surface area contributed by atoms with Gasteiger partial charge in [-0.05, 0) is 44.0 Å². The molecule has 0 aliphatic carbocycles. The molecule has 178 valence electrons. The molecule has 0 unspecified atom stereocenters. The number of benzene rings is 1. The zero-order chi connectivity index (χ0) is 24.1. The first-order valence-corrected chi connectivity index (χ1v) is 12.2. The summed E-state index contributed by atoms with van der Waals surface area (Å²) in [5.74, 6) is 0.433. The van der Waals surface area contributed by atoms with Gasteiger partial charge in [0.05, 0.1) is 34.0 Å². The minimum absolute atomic E-state index is 0.0847. The first kappa shape index (κ1) is 24.0.